The van der Waals surface area contributed by atoms with E-state index >= 15 is 0 Å². The monoisotopic (exact) mass is 340 g/mol. The van der Waals surface area contributed by atoms with E-state index < -0.39 is 0 Å². The molecule has 2 aromatic rings. The van der Waals surface area contributed by atoms with Crippen molar-refractivity contribution in [1.82, 2.24) is 0 Å². The molecule has 1 nitrogen and oxygen atoms in total. The molecule has 0 N–H and O–H groups in total. The molecule has 6 heteroatoms. The first-order valence-electron chi connectivity index (χ1n) is 4.75. The van der Waals surface area contributed by atoms with E-state index in [0.29, 0.717) is 25.8 Å². The second-order valence-electron chi connectivity index (χ2n) is 3.38. The molecular formula is C12H5Cl5O. The van der Waals surface area contributed by atoms with Crippen LogP contribution in [0.4, 0.5) is 0 Å². The maximum Gasteiger partial charge on any atom is 0.166 e. The quantitative estimate of drug-likeness (QED) is 0.549. The van der Waals surface area contributed by atoms with Crippen LogP contribution in [-0.4, -0.2) is 0 Å². The minimum Gasteiger partial charge on any atom is -0.454 e. The molecule has 0 saturated heterocycles. The van der Waals surface area contributed by atoms with Crippen LogP contribution in [0.5, 0.6) is 11.5 Å². The van der Waals surface area contributed by atoms with Crippen molar-refractivity contribution in [3.05, 3.63) is 55.4 Å². The van der Waals surface area contributed by atoms with Gasteiger partial charge in [0.05, 0.1) is 10.0 Å². The smallest absolute Gasteiger partial charge is 0.166 e. The molecule has 2 aromatic carbocycles. The van der Waals surface area contributed by atoms with E-state index in [9.17, 15) is 0 Å². The predicted octanol–water partition coefficient (Wildman–Crippen LogP) is 6.75. The molecule has 0 unspecified atom stereocenters. The molecule has 0 fully saturated rings. The van der Waals surface area contributed by atoms with Crippen molar-refractivity contribution in [3.63, 3.8) is 0 Å². The Hall–Kier alpha value is -0.310. The molecule has 0 spiro atoms. The Morgan fingerprint density at radius 2 is 1.28 bits per heavy atom. The Balaban J connectivity index is 2.42. The van der Waals surface area contributed by atoms with Gasteiger partial charge in [0.25, 0.3) is 0 Å². The lowest BCUT2D eigenvalue weighted by Crippen LogP contribution is -1.87. The van der Waals surface area contributed by atoms with Crippen LogP contribution < -0.4 is 4.74 Å². The lowest BCUT2D eigenvalue weighted by molar-refractivity contribution is 0.483. The van der Waals surface area contributed by atoms with Gasteiger partial charge in [0.15, 0.2) is 5.75 Å². The van der Waals surface area contributed by atoms with E-state index in [-0.39, 0.29) is 10.8 Å². The first kappa shape index (κ1) is 14.1. The maximum absolute atomic E-state index is 6.02. The average molecular weight is 342 g/mol. The van der Waals surface area contributed by atoms with Crippen LogP contribution in [0, 0.1) is 0 Å². The van der Waals surface area contributed by atoms with Crippen LogP contribution in [-0.2, 0) is 0 Å². The number of hydrogen-bond donors (Lipinski definition) is 0. The van der Waals surface area contributed by atoms with Gasteiger partial charge >= 0.3 is 0 Å². The second kappa shape index (κ2) is 5.77. The van der Waals surface area contributed by atoms with Gasteiger partial charge in [-0.2, -0.15) is 0 Å². The standard InChI is InChI=1S/C12H5Cl5O/c13-6-3-7(14)5-8(4-6)18-12-10(16)2-1-9(15)11(12)17/h1-5H. The first-order valence-corrected chi connectivity index (χ1v) is 6.64. The number of rotatable bonds is 2. The summed E-state index contributed by atoms with van der Waals surface area (Å²) in [5.41, 5.74) is 0. The zero-order chi connectivity index (χ0) is 13.3. The fraction of sp³-hybridized carbons (Fsp3) is 0. The molecule has 0 amide bonds. The van der Waals surface area contributed by atoms with Crippen LogP contribution >= 0.6 is 58.0 Å². The summed E-state index contributed by atoms with van der Waals surface area (Å²) in [5.74, 6) is 0.697. The Morgan fingerprint density at radius 1 is 0.722 bits per heavy atom. The first-order chi connectivity index (χ1) is 8.47. The Morgan fingerprint density at radius 3 is 1.89 bits per heavy atom. The summed E-state index contributed by atoms with van der Waals surface area (Å²) in [7, 11) is 0. The van der Waals surface area contributed by atoms with Crippen LogP contribution in [0.15, 0.2) is 30.3 Å². The van der Waals surface area contributed by atoms with Gasteiger partial charge in [0.1, 0.15) is 10.8 Å². The van der Waals surface area contributed by atoms with Gasteiger partial charge < -0.3 is 4.74 Å². The molecule has 0 radical (unpaired) electrons. The minimum absolute atomic E-state index is 0.236. The van der Waals surface area contributed by atoms with Crippen molar-refractivity contribution in [2.45, 2.75) is 0 Å². The van der Waals surface area contributed by atoms with Gasteiger partial charge in [-0.25, -0.2) is 0 Å². The van der Waals surface area contributed by atoms with E-state index in [2.05, 4.69) is 0 Å². The number of hydrogen-bond acceptors (Lipinski definition) is 1. The highest BCUT2D eigenvalue weighted by Crippen LogP contribution is 2.41. The van der Waals surface area contributed by atoms with E-state index in [1.54, 1.807) is 30.3 Å². The lowest BCUT2D eigenvalue weighted by atomic mass is 10.3. The molecule has 0 aliphatic heterocycles. The molecule has 0 aromatic heterocycles. The normalized spacial score (nSPS) is 10.5. The van der Waals surface area contributed by atoms with Crippen molar-refractivity contribution in [3.8, 4) is 11.5 Å². The third-order valence-corrected chi connectivity index (χ3v) is 3.58. The lowest BCUT2D eigenvalue weighted by Gasteiger charge is -2.11. The maximum atomic E-state index is 6.02. The third-order valence-electron chi connectivity index (χ3n) is 2.06. The summed E-state index contributed by atoms with van der Waals surface area (Å²) in [6.45, 7) is 0. The minimum atomic E-state index is 0.236. The molecule has 0 aliphatic rings. The van der Waals surface area contributed by atoms with Crippen LogP contribution in [0.3, 0.4) is 0 Å². The van der Waals surface area contributed by atoms with Crippen LogP contribution in [0.25, 0.3) is 0 Å². The molecule has 0 bridgehead atoms. The molecule has 0 saturated carbocycles. The number of benzene rings is 2. The van der Waals surface area contributed by atoms with Crippen molar-refractivity contribution in [1.29, 1.82) is 0 Å². The Labute approximate surface area is 129 Å². The average Bonchev–Trinajstić information content (AvgIpc) is 2.28. The van der Waals surface area contributed by atoms with Crippen molar-refractivity contribution >= 4 is 58.0 Å². The van der Waals surface area contributed by atoms with Crippen molar-refractivity contribution < 1.29 is 4.74 Å². The molecule has 2 rings (SSSR count). The molecule has 0 heterocycles. The van der Waals surface area contributed by atoms with Gasteiger partial charge in [0, 0.05) is 10.0 Å². The summed E-state index contributed by atoms with van der Waals surface area (Å²) >= 11 is 29.7. The zero-order valence-electron chi connectivity index (χ0n) is 8.68. The molecule has 0 atom stereocenters. The van der Waals surface area contributed by atoms with E-state index in [1.807, 2.05) is 0 Å². The van der Waals surface area contributed by atoms with Gasteiger partial charge in [-0.1, -0.05) is 58.0 Å². The van der Waals surface area contributed by atoms with Gasteiger partial charge in [-0.05, 0) is 30.3 Å². The summed E-state index contributed by atoms with van der Waals surface area (Å²) in [6, 6.07) is 7.97. The number of ether oxygens (including phenoxy) is 1. The SMILES string of the molecule is Clc1cc(Cl)cc(Oc2c(Cl)ccc(Cl)c2Cl)c1. The van der Waals surface area contributed by atoms with Crippen molar-refractivity contribution in [2.75, 3.05) is 0 Å². The largest absolute Gasteiger partial charge is 0.454 e. The van der Waals surface area contributed by atoms with Crippen molar-refractivity contribution in [2.24, 2.45) is 0 Å². The van der Waals surface area contributed by atoms with Crippen LogP contribution in [0.1, 0.15) is 0 Å². The van der Waals surface area contributed by atoms with Gasteiger partial charge in [0.2, 0.25) is 0 Å². The summed E-state index contributed by atoms with van der Waals surface area (Å²) < 4.78 is 5.57. The molecule has 0 aliphatic carbocycles. The highest BCUT2D eigenvalue weighted by molar-refractivity contribution is 6.44. The summed E-state index contributed by atoms with van der Waals surface area (Å²) in [6.07, 6.45) is 0. The second-order valence-corrected chi connectivity index (χ2v) is 5.44. The zero-order valence-corrected chi connectivity index (χ0v) is 12.5. The molecule has 18 heavy (non-hydrogen) atoms. The Bertz CT molecular complexity index is 577. The van der Waals surface area contributed by atoms with Gasteiger partial charge in [-0.3, -0.25) is 0 Å². The fourth-order valence-corrected chi connectivity index (χ4v) is 2.41. The van der Waals surface area contributed by atoms with Crippen LogP contribution in [0.2, 0.25) is 25.1 Å². The highest BCUT2D eigenvalue weighted by atomic mass is 35.5. The molecule has 94 valence electrons. The Kier molecular flexibility index (Phi) is 4.52. The van der Waals surface area contributed by atoms with E-state index in [1.165, 1.54) is 0 Å². The third kappa shape index (κ3) is 3.17. The van der Waals surface area contributed by atoms with E-state index in [4.69, 9.17) is 62.7 Å². The molecular weight excluding hydrogens is 337 g/mol. The summed E-state index contributed by atoms with van der Waals surface area (Å²) in [4.78, 5) is 0. The van der Waals surface area contributed by atoms with E-state index in [0.717, 1.165) is 0 Å². The fourth-order valence-electron chi connectivity index (χ4n) is 1.31. The number of halogens is 5. The predicted molar refractivity (Wildman–Crippen MR) is 78.0 cm³/mol. The highest BCUT2D eigenvalue weighted by Gasteiger charge is 2.12. The topological polar surface area (TPSA) is 9.23 Å². The summed E-state index contributed by atoms with van der Waals surface area (Å²) in [5, 5.41) is 1.84. The van der Waals surface area contributed by atoms with Gasteiger partial charge in [-0.15, -0.1) is 0 Å².